The molecule has 106 valence electrons. The molecule has 1 aromatic heterocycles. The van der Waals surface area contributed by atoms with Crippen LogP contribution in [0.3, 0.4) is 0 Å². The van der Waals surface area contributed by atoms with Gasteiger partial charge in [0, 0.05) is 6.54 Å². The lowest BCUT2D eigenvalue weighted by molar-refractivity contribution is 0.425. The first-order valence-corrected chi connectivity index (χ1v) is 7.01. The molecule has 0 saturated carbocycles. The maximum atomic E-state index is 9.15. The van der Waals surface area contributed by atoms with Crippen molar-refractivity contribution in [2.75, 3.05) is 7.05 Å². The topological polar surface area (TPSA) is 53.6 Å². The number of benzene rings is 1. The van der Waals surface area contributed by atoms with Crippen LogP contribution in [-0.2, 0) is 6.54 Å². The standard InChI is InChI=1S/C16H22N4/c1-12-8-14-15(9-13(12)2)20(11-19-14)7-5-6-16(3,10-17)18-4/h8-9,11,18H,5-7H2,1-4H3. The van der Waals surface area contributed by atoms with Crippen molar-refractivity contribution in [3.8, 4) is 6.07 Å². The maximum absolute atomic E-state index is 9.15. The third-order valence-electron chi connectivity index (χ3n) is 4.11. The summed E-state index contributed by atoms with van der Waals surface area (Å²) >= 11 is 0. The molecule has 0 spiro atoms. The SMILES string of the molecule is CNC(C)(C#N)CCCn1cnc2cc(C)c(C)cc21. The zero-order chi connectivity index (χ0) is 14.8. The minimum atomic E-state index is -0.442. The second-order valence-electron chi connectivity index (χ2n) is 5.66. The molecule has 0 fully saturated rings. The summed E-state index contributed by atoms with van der Waals surface area (Å²) in [6, 6.07) is 6.65. The van der Waals surface area contributed by atoms with Crippen molar-refractivity contribution in [1.29, 1.82) is 5.26 Å². The normalized spacial score (nSPS) is 14.2. The summed E-state index contributed by atoms with van der Waals surface area (Å²) in [6.07, 6.45) is 3.67. The first-order chi connectivity index (χ1) is 9.49. The summed E-state index contributed by atoms with van der Waals surface area (Å²) in [5, 5.41) is 12.2. The zero-order valence-corrected chi connectivity index (χ0v) is 12.7. The number of aromatic nitrogens is 2. The molecule has 2 rings (SSSR count). The van der Waals surface area contributed by atoms with Crippen molar-refractivity contribution >= 4 is 11.0 Å². The van der Waals surface area contributed by atoms with Crippen molar-refractivity contribution in [3.63, 3.8) is 0 Å². The van der Waals surface area contributed by atoms with Crippen LogP contribution < -0.4 is 5.32 Å². The highest BCUT2D eigenvalue weighted by molar-refractivity contribution is 5.77. The van der Waals surface area contributed by atoms with Crippen molar-refractivity contribution in [3.05, 3.63) is 29.6 Å². The van der Waals surface area contributed by atoms with Crippen LogP contribution in [0.25, 0.3) is 11.0 Å². The lowest BCUT2D eigenvalue weighted by Crippen LogP contribution is -2.38. The van der Waals surface area contributed by atoms with E-state index in [9.17, 15) is 0 Å². The van der Waals surface area contributed by atoms with Crippen LogP contribution in [-0.4, -0.2) is 22.1 Å². The van der Waals surface area contributed by atoms with Gasteiger partial charge in [-0.3, -0.25) is 0 Å². The van der Waals surface area contributed by atoms with Crippen molar-refractivity contribution in [2.45, 2.75) is 45.7 Å². The monoisotopic (exact) mass is 270 g/mol. The molecule has 0 amide bonds. The van der Waals surface area contributed by atoms with Crippen LogP contribution in [0.2, 0.25) is 0 Å². The Balaban J connectivity index is 2.12. The Labute approximate surface area is 120 Å². The molecule has 0 bridgehead atoms. The fourth-order valence-corrected chi connectivity index (χ4v) is 2.33. The molecule has 1 N–H and O–H groups in total. The Morgan fingerprint density at radius 3 is 2.70 bits per heavy atom. The first-order valence-electron chi connectivity index (χ1n) is 7.01. The average molecular weight is 270 g/mol. The molecule has 1 aromatic carbocycles. The van der Waals surface area contributed by atoms with Gasteiger partial charge >= 0.3 is 0 Å². The van der Waals surface area contributed by atoms with Gasteiger partial charge in [-0.1, -0.05) is 0 Å². The van der Waals surface area contributed by atoms with E-state index < -0.39 is 5.54 Å². The predicted molar refractivity (Wildman–Crippen MR) is 81.5 cm³/mol. The molecule has 0 radical (unpaired) electrons. The molecule has 4 heteroatoms. The Kier molecular flexibility index (Phi) is 4.10. The maximum Gasteiger partial charge on any atom is 0.103 e. The average Bonchev–Trinajstić information content (AvgIpc) is 2.82. The van der Waals surface area contributed by atoms with Gasteiger partial charge in [0.2, 0.25) is 0 Å². The Morgan fingerprint density at radius 2 is 2.05 bits per heavy atom. The molecule has 4 nitrogen and oxygen atoms in total. The number of fused-ring (bicyclic) bond motifs is 1. The van der Waals surface area contributed by atoms with Crippen LogP contribution in [0.15, 0.2) is 18.5 Å². The quantitative estimate of drug-likeness (QED) is 0.908. The molecule has 1 heterocycles. The number of nitrogens with one attached hydrogen (secondary N) is 1. The molecule has 0 aliphatic heterocycles. The molecular weight excluding hydrogens is 248 g/mol. The van der Waals surface area contributed by atoms with E-state index >= 15 is 0 Å². The van der Waals surface area contributed by atoms with Crippen molar-refractivity contribution in [1.82, 2.24) is 14.9 Å². The van der Waals surface area contributed by atoms with E-state index in [0.717, 1.165) is 24.9 Å². The van der Waals surface area contributed by atoms with Crippen LogP contribution in [0, 0.1) is 25.2 Å². The number of imidazole rings is 1. The highest BCUT2D eigenvalue weighted by Crippen LogP contribution is 2.19. The van der Waals surface area contributed by atoms with Gasteiger partial charge in [0.05, 0.1) is 23.4 Å². The molecule has 2 aromatic rings. The largest absolute Gasteiger partial charge is 0.331 e. The summed E-state index contributed by atoms with van der Waals surface area (Å²) < 4.78 is 2.18. The van der Waals surface area contributed by atoms with Crippen LogP contribution >= 0.6 is 0 Å². The highest BCUT2D eigenvalue weighted by atomic mass is 15.0. The zero-order valence-electron chi connectivity index (χ0n) is 12.7. The molecule has 1 unspecified atom stereocenters. The van der Waals surface area contributed by atoms with Gasteiger partial charge in [0.15, 0.2) is 0 Å². The van der Waals surface area contributed by atoms with Gasteiger partial charge < -0.3 is 9.88 Å². The number of hydrogen-bond acceptors (Lipinski definition) is 3. The predicted octanol–water partition coefficient (Wildman–Crippen LogP) is 2.94. The fourth-order valence-electron chi connectivity index (χ4n) is 2.33. The number of hydrogen-bond donors (Lipinski definition) is 1. The number of aryl methyl sites for hydroxylation is 3. The van der Waals surface area contributed by atoms with Gasteiger partial charge in [-0.05, 0) is 63.9 Å². The van der Waals surface area contributed by atoms with E-state index in [0.29, 0.717) is 0 Å². The first kappa shape index (κ1) is 14.5. The lowest BCUT2D eigenvalue weighted by Gasteiger charge is -2.20. The van der Waals surface area contributed by atoms with E-state index in [2.05, 4.69) is 46.9 Å². The molecule has 20 heavy (non-hydrogen) atoms. The molecule has 0 aliphatic carbocycles. The van der Waals surface area contributed by atoms with Gasteiger partial charge in [0.1, 0.15) is 5.54 Å². The number of nitriles is 1. The molecule has 0 saturated heterocycles. The van der Waals surface area contributed by atoms with Gasteiger partial charge in [0.25, 0.3) is 0 Å². The van der Waals surface area contributed by atoms with Crippen LogP contribution in [0.4, 0.5) is 0 Å². The summed E-state index contributed by atoms with van der Waals surface area (Å²) in [7, 11) is 1.84. The third kappa shape index (κ3) is 2.83. The minimum absolute atomic E-state index is 0.442. The highest BCUT2D eigenvalue weighted by Gasteiger charge is 2.20. The summed E-state index contributed by atoms with van der Waals surface area (Å²) in [5.74, 6) is 0. The van der Waals surface area contributed by atoms with Crippen LogP contribution in [0.5, 0.6) is 0 Å². The second-order valence-corrected chi connectivity index (χ2v) is 5.66. The Hall–Kier alpha value is -1.86. The summed E-state index contributed by atoms with van der Waals surface area (Å²) in [6.45, 7) is 7.06. The van der Waals surface area contributed by atoms with Crippen LogP contribution in [0.1, 0.15) is 30.9 Å². The fraction of sp³-hybridized carbons (Fsp3) is 0.500. The Bertz CT molecular complexity index is 650. The summed E-state index contributed by atoms with van der Waals surface area (Å²) in [5.41, 5.74) is 4.34. The van der Waals surface area contributed by atoms with Gasteiger partial charge in [-0.2, -0.15) is 5.26 Å². The number of nitrogens with zero attached hydrogens (tertiary/aromatic N) is 3. The minimum Gasteiger partial charge on any atom is -0.331 e. The smallest absolute Gasteiger partial charge is 0.103 e. The van der Waals surface area contributed by atoms with E-state index in [4.69, 9.17) is 5.26 Å². The van der Waals surface area contributed by atoms with Crippen molar-refractivity contribution in [2.24, 2.45) is 0 Å². The van der Waals surface area contributed by atoms with E-state index in [1.165, 1.54) is 16.6 Å². The van der Waals surface area contributed by atoms with Crippen molar-refractivity contribution < 1.29 is 0 Å². The summed E-state index contributed by atoms with van der Waals surface area (Å²) in [4.78, 5) is 4.46. The third-order valence-corrected chi connectivity index (χ3v) is 4.11. The van der Waals surface area contributed by atoms with E-state index in [1.54, 1.807) is 0 Å². The Morgan fingerprint density at radius 1 is 1.35 bits per heavy atom. The lowest BCUT2D eigenvalue weighted by atomic mass is 9.98. The van der Waals surface area contributed by atoms with E-state index in [-0.39, 0.29) is 0 Å². The molecule has 1 atom stereocenters. The van der Waals surface area contributed by atoms with Gasteiger partial charge in [-0.25, -0.2) is 4.98 Å². The van der Waals surface area contributed by atoms with Gasteiger partial charge in [-0.15, -0.1) is 0 Å². The second kappa shape index (κ2) is 5.64. The van der Waals surface area contributed by atoms with E-state index in [1.807, 2.05) is 20.3 Å². The number of rotatable bonds is 5. The molecular formula is C16H22N4. The molecule has 0 aliphatic rings.